The van der Waals surface area contributed by atoms with Gasteiger partial charge in [0, 0.05) is 37.5 Å². The van der Waals surface area contributed by atoms with E-state index in [1.165, 1.54) is 0 Å². The van der Waals surface area contributed by atoms with Crippen molar-refractivity contribution >= 4 is 5.91 Å². The normalized spacial score (nSPS) is 15.4. The Hall–Kier alpha value is -3.03. The summed E-state index contributed by atoms with van der Waals surface area (Å²) in [5, 5.41) is 8.09. The molecule has 1 fully saturated rings. The third-order valence-corrected chi connectivity index (χ3v) is 4.83. The number of likely N-dealkylation sites (tertiary alicyclic amines) is 1. The van der Waals surface area contributed by atoms with Gasteiger partial charge in [-0.2, -0.15) is 4.98 Å². The summed E-state index contributed by atoms with van der Waals surface area (Å²) in [6, 6.07) is 5.45. The number of rotatable bonds is 4. The number of hydrogen-bond donors (Lipinski definition) is 0. The maximum atomic E-state index is 12.6. The first-order chi connectivity index (χ1) is 13.1. The van der Waals surface area contributed by atoms with Crippen LogP contribution in [0.1, 0.15) is 60.6 Å². The minimum atomic E-state index is -0.114. The third-order valence-electron chi connectivity index (χ3n) is 4.83. The van der Waals surface area contributed by atoms with E-state index in [4.69, 9.17) is 9.05 Å². The number of hydrogen-bond acceptors (Lipinski definition) is 7. The molecule has 0 spiro atoms. The number of carbonyl (C=O) groups excluding carboxylic acids is 1. The lowest BCUT2D eigenvalue weighted by Crippen LogP contribution is -2.38. The van der Waals surface area contributed by atoms with E-state index in [0.29, 0.717) is 30.6 Å². The molecule has 3 aromatic rings. The van der Waals surface area contributed by atoms with Crippen LogP contribution in [0.4, 0.5) is 0 Å². The van der Waals surface area contributed by atoms with Gasteiger partial charge < -0.3 is 13.9 Å². The maximum absolute atomic E-state index is 12.6. The Morgan fingerprint density at radius 1 is 1.22 bits per heavy atom. The van der Waals surface area contributed by atoms with Gasteiger partial charge in [0.15, 0.2) is 5.82 Å². The van der Waals surface area contributed by atoms with E-state index in [-0.39, 0.29) is 17.7 Å². The number of pyridine rings is 1. The highest BCUT2D eigenvalue weighted by molar-refractivity contribution is 5.91. The molecule has 0 bridgehead atoms. The Labute approximate surface area is 156 Å². The van der Waals surface area contributed by atoms with Crippen LogP contribution in [0, 0.1) is 0 Å². The summed E-state index contributed by atoms with van der Waals surface area (Å²) in [5.41, 5.74) is 1.60. The highest BCUT2D eigenvalue weighted by Gasteiger charge is 2.29. The van der Waals surface area contributed by atoms with Crippen LogP contribution < -0.4 is 0 Å². The first kappa shape index (κ1) is 17.4. The molecule has 8 heteroatoms. The third kappa shape index (κ3) is 3.60. The lowest BCUT2D eigenvalue weighted by atomic mass is 9.96. The van der Waals surface area contributed by atoms with Crippen molar-refractivity contribution in [2.75, 3.05) is 13.1 Å². The monoisotopic (exact) mass is 367 g/mol. The summed E-state index contributed by atoms with van der Waals surface area (Å²) in [5.74, 6) is 1.74. The van der Waals surface area contributed by atoms with Gasteiger partial charge in [0.1, 0.15) is 0 Å². The minimum absolute atomic E-state index is 0.114. The van der Waals surface area contributed by atoms with Crippen molar-refractivity contribution in [3.05, 3.63) is 47.9 Å². The van der Waals surface area contributed by atoms with Gasteiger partial charge in [0.2, 0.25) is 5.76 Å². The second-order valence-corrected chi connectivity index (χ2v) is 7.04. The molecule has 1 aliphatic heterocycles. The molecule has 0 unspecified atom stereocenters. The van der Waals surface area contributed by atoms with E-state index < -0.39 is 0 Å². The number of aromatic nitrogens is 4. The lowest BCUT2D eigenvalue weighted by Gasteiger charge is -2.29. The van der Waals surface area contributed by atoms with Crippen LogP contribution in [0.25, 0.3) is 11.5 Å². The van der Waals surface area contributed by atoms with Crippen molar-refractivity contribution in [2.45, 2.75) is 38.5 Å². The molecule has 140 valence electrons. The molecule has 0 atom stereocenters. The zero-order chi connectivity index (χ0) is 18.8. The summed E-state index contributed by atoms with van der Waals surface area (Å²) in [4.78, 5) is 23.0. The Bertz CT molecular complexity index is 910. The SMILES string of the molecule is CC(C)c1cc(C(=O)N2CCC(c3noc(-c4cccnc4)n3)CC2)on1. The van der Waals surface area contributed by atoms with Gasteiger partial charge >= 0.3 is 0 Å². The number of carbonyl (C=O) groups is 1. The van der Waals surface area contributed by atoms with Gasteiger partial charge in [-0.1, -0.05) is 24.2 Å². The highest BCUT2D eigenvalue weighted by atomic mass is 16.5. The van der Waals surface area contributed by atoms with Gasteiger partial charge in [-0.25, -0.2) is 0 Å². The van der Waals surface area contributed by atoms with Crippen molar-refractivity contribution in [3.8, 4) is 11.5 Å². The fourth-order valence-corrected chi connectivity index (χ4v) is 3.17. The Kier molecular flexibility index (Phi) is 4.70. The molecule has 0 radical (unpaired) electrons. The van der Waals surface area contributed by atoms with E-state index in [9.17, 15) is 4.79 Å². The van der Waals surface area contributed by atoms with Crippen LogP contribution in [0.2, 0.25) is 0 Å². The molecule has 3 aromatic heterocycles. The van der Waals surface area contributed by atoms with Crippen LogP contribution in [0.5, 0.6) is 0 Å². The second kappa shape index (κ2) is 7.30. The molecular formula is C19H21N5O3. The number of amides is 1. The van der Waals surface area contributed by atoms with Gasteiger partial charge in [0.05, 0.1) is 11.3 Å². The quantitative estimate of drug-likeness (QED) is 0.698. The average Bonchev–Trinajstić information content (AvgIpc) is 3.38. The van der Waals surface area contributed by atoms with Crippen LogP contribution in [-0.4, -0.2) is 44.2 Å². The molecule has 1 aliphatic rings. The van der Waals surface area contributed by atoms with E-state index in [0.717, 1.165) is 24.1 Å². The van der Waals surface area contributed by atoms with Crippen molar-refractivity contribution in [1.29, 1.82) is 0 Å². The smallest absolute Gasteiger partial charge is 0.292 e. The highest BCUT2D eigenvalue weighted by Crippen LogP contribution is 2.28. The summed E-state index contributed by atoms with van der Waals surface area (Å²) >= 11 is 0. The molecule has 8 nitrogen and oxygen atoms in total. The summed E-state index contributed by atoms with van der Waals surface area (Å²) in [7, 11) is 0. The zero-order valence-corrected chi connectivity index (χ0v) is 15.3. The maximum Gasteiger partial charge on any atom is 0.292 e. The molecule has 27 heavy (non-hydrogen) atoms. The van der Waals surface area contributed by atoms with Crippen LogP contribution >= 0.6 is 0 Å². The second-order valence-electron chi connectivity index (χ2n) is 7.04. The van der Waals surface area contributed by atoms with E-state index in [2.05, 4.69) is 20.3 Å². The van der Waals surface area contributed by atoms with Crippen molar-refractivity contribution in [2.24, 2.45) is 0 Å². The first-order valence-electron chi connectivity index (χ1n) is 9.11. The van der Waals surface area contributed by atoms with Crippen molar-refractivity contribution < 1.29 is 13.8 Å². The van der Waals surface area contributed by atoms with Gasteiger partial charge in [-0.05, 0) is 30.9 Å². The largest absolute Gasteiger partial charge is 0.351 e. The molecule has 0 N–H and O–H groups in total. The molecule has 1 saturated heterocycles. The standard InChI is InChI=1S/C19H21N5O3/c1-12(2)15-10-16(26-22-15)19(25)24-8-5-13(6-9-24)17-21-18(27-23-17)14-4-3-7-20-11-14/h3-4,7,10-13H,5-6,8-9H2,1-2H3. The predicted molar refractivity (Wildman–Crippen MR) is 96.0 cm³/mol. The number of piperidine rings is 1. The van der Waals surface area contributed by atoms with Crippen molar-refractivity contribution in [1.82, 2.24) is 25.2 Å². The molecule has 4 heterocycles. The lowest BCUT2D eigenvalue weighted by molar-refractivity contribution is 0.0668. The zero-order valence-electron chi connectivity index (χ0n) is 15.3. The van der Waals surface area contributed by atoms with Gasteiger partial charge in [0.25, 0.3) is 11.8 Å². The average molecular weight is 367 g/mol. The van der Waals surface area contributed by atoms with Crippen molar-refractivity contribution in [3.63, 3.8) is 0 Å². The number of nitrogens with zero attached hydrogens (tertiary/aromatic N) is 5. The fraction of sp³-hybridized carbons (Fsp3) is 0.421. The predicted octanol–water partition coefficient (Wildman–Crippen LogP) is 3.26. The first-order valence-corrected chi connectivity index (χ1v) is 9.11. The molecule has 0 aliphatic carbocycles. The van der Waals surface area contributed by atoms with E-state index >= 15 is 0 Å². The Morgan fingerprint density at radius 3 is 2.70 bits per heavy atom. The molecule has 0 aromatic carbocycles. The minimum Gasteiger partial charge on any atom is -0.351 e. The van der Waals surface area contributed by atoms with Gasteiger partial charge in [-0.3, -0.25) is 9.78 Å². The molecule has 1 amide bonds. The molecule has 0 saturated carbocycles. The Morgan fingerprint density at radius 2 is 2.04 bits per heavy atom. The fourth-order valence-electron chi connectivity index (χ4n) is 3.17. The van der Waals surface area contributed by atoms with Crippen LogP contribution in [0.3, 0.4) is 0 Å². The molecule has 4 rings (SSSR count). The summed E-state index contributed by atoms with van der Waals surface area (Å²) in [6.45, 7) is 5.28. The topological polar surface area (TPSA) is 98.2 Å². The summed E-state index contributed by atoms with van der Waals surface area (Å²) < 4.78 is 10.6. The van der Waals surface area contributed by atoms with Crippen LogP contribution in [0.15, 0.2) is 39.6 Å². The Balaban J connectivity index is 1.39. The van der Waals surface area contributed by atoms with Gasteiger partial charge in [-0.15, -0.1) is 0 Å². The van der Waals surface area contributed by atoms with E-state index in [1.807, 2.05) is 26.0 Å². The van der Waals surface area contributed by atoms with Crippen LogP contribution in [-0.2, 0) is 0 Å². The summed E-state index contributed by atoms with van der Waals surface area (Å²) in [6.07, 6.45) is 4.96. The van der Waals surface area contributed by atoms with E-state index in [1.54, 1.807) is 23.4 Å². The molecular weight excluding hydrogens is 346 g/mol.